The number of pyridine rings is 1. The van der Waals surface area contributed by atoms with E-state index in [0.717, 1.165) is 5.56 Å². The lowest BCUT2D eigenvalue weighted by molar-refractivity contribution is -0.117. The number of hydrogen-bond donors (Lipinski definition) is 2. The summed E-state index contributed by atoms with van der Waals surface area (Å²) in [6, 6.07) is 3.91. The Hall–Kier alpha value is -1.42. The second-order valence-electron chi connectivity index (χ2n) is 2.86. The minimum absolute atomic E-state index is 0.0983. The predicted octanol–water partition coefficient (Wildman–Crippen LogP) is 0.217. The fourth-order valence-electron chi connectivity index (χ4n) is 1.00. The molecule has 0 spiro atoms. The average Bonchev–Trinajstić information content (AvgIpc) is 2.15. The molecule has 0 aromatic carbocycles. The van der Waals surface area contributed by atoms with Crippen LogP contribution in [0.5, 0.6) is 0 Å². The van der Waals surface area contributed by atoms with E-state index in [-0.39, 0.29) is 18.5 Å². The van der Waals surface area contributed by atoms with Crippen molar-refractivity contribution in [1.29, 1.82) is 0 Å². The summed E-state index contributed by atoms with van der Waals surface area (Å²) in [7, 11) is 0. The normalized spacial score (nSPS) is 12.4. The van der Waals surface area contributed by atoms with Crippen molar-refractivity contribution in [1.82, 2.24) is 10.3 Å². The first-order chi connectivity index (χ1) is 6.20. The molecule has 13 heavy (non-hydrogen) atoms. The van der Waals surface area contributed by atoms with Crippen molar-refractivity contribution in [2.75, 3.05) is 6.54 Å². The molecule has 1 aromatic rings. The fourth-order valence-corrected chi connectivity index (χ4v) is 1.00. The van der Waals surface area contributed by atoms with E-state index in [2.05, 4.69) is 10.3 Å². The predicted molar refractivity (Wildman–Crippen MR) is 49.8 cm³/mol. The van der Waals surface area contributed by atoms with Crippen LogP contribution in [0.4, 0.5) is 0 Å². The van der Waals surface area contributed by atoms with Gasteiger partial charge < -0.3 is 11.1 Å². The van der Waals surface area contributed by atoms with Crippen LogP contribution < -0.4 is 11.1 Å². The number of hydrogen-bond acceptors (Lipinski definition) is 3. The van der Waals surface area contributed by atoms with Gasteiger partial charge in [0, 0.05) is 18.4 Å². The topological polar surface area (TPSA) is 68.0 Å². The van der Waals surface area contributed by atoms with E-state index in [1.54, 1.807) is 12.4 Å². The quantitative estimate of drug-likeness (QED) is 0.694. The highest BCUT2D eigenvalue weighted by molar-refractivity contribution is 5.75. The molecule has 0 unspecified atom stereocenters. The lowest BCUT2D eigenvalue weighted by Crippen LogP contribution is -2.30. The maximum absolute atomic E-state index is 10.5. The summed E-state index contributed by atoms with van der Waals surface area (Å²) in [4.78, 5) is 14.5. The van der Waals surface area contributed by atoms with Crippen LogP contribution in [0.1, 0.15) is 18.5 Å². The zero-order valence-electron chi connectivity index (χ0n) is 7.53. The third kappa shape index (κ3) is 3.21. The van der Waals surface area contributed by atoms with Gasteiger partial charge in [0.2, 0.25) is 5.91 Å². The van der Waals surface area contributed by atoms with Crippen molar-refractivity contribution >= 4 is 5.91 Å². The molecule has 4 heteroatoms. The van der Waals surface area contributed by atoms with E-state index in [9.17, 15) is 4.79 Å². The minimum Gasteiger partial charge on any atom is -0.369 e. The summed E-state index contributed by atoms with van der Waals surface area (Å²) >= 11 is 0. The van der Waals surface area contributed by atoms with Crippen LogP contribution in [0, 0.1) is 0 Å². The molecule has 4 nitrogen and oxygen atoms in total. The van der Waals surface area contributed by atoms with Crippen molar-refractivity contribution in [3.05, 3.63) is 30.1 Å². The number of primary amides is 1. The molecule has 0 fully saturated rings. The molecule has 0 radical (unpaired) electrons. The smallest absolute Gasteiger partial charge is 0.231 e. The van der Waals surface area contributed by atoms with Crippen molar-refractivity contribution in [2.24, 2.45) is 5.73 Å². The zero-order chi connectivity index (χ0) is 9.68. The van der Waals surface area contributed by atoms with Gasteiger partial charge in [-0.05, 0) is 18.6 Å². The van der Waals surface area contributed by atoms with Crippen molar-refractivity contribution in [3.63, 3.8) is 0 Å². The first-order valence-electron chi connectivity index (χ1n) is 4.12. The summed E-state index contributed by atoms with van der Waals surface area (Å²) in [5, 5.41) is 2.98. The van der Waals surface area contributed by atoms with E-state index in [1.807, 2.05) is 19.1 Å². The number of carbonyl (C=O) groups excluding carboxylic acids is 1. The van der Waals surface area contributed by atoms with E-state index in [4.69, 9.17) is 5.73 Å². The molecule has 1 aromatic heterocycles. The monoisotopic (exact) mass is 179 g/mol. The summed E-state index contributed by atoms with van der Waals surface area (Å²) in [5.74, 6) is -0.351. The van der Waals surface area contributed by atoms with Crippen LogP contribution in [0.3, 0.4) is 0 Å². The van der Waals surface area contributed by atoms with Crippen LogP contribution in [0.15, 0.2) is 24.5 Å². The molecule has 70 valence electrons. The molecule has 1 rings (SSSR count). The van der Waals surface area contributed by atoms with Crippen LogP contribution in [0.25, 0.3) is 0 Å². The SMILES string of the molecule is C[C@H](NCC(N)=O)c1cccnc1. The van der Waals surface area contributed by atoms with Gasteiger partial charge in [0.1, 0.15) is 0 Å². The Kier molecular flexibility index (Phi) is 3.40. The Morgan fingerprint density at radius 2 is 2.54 bits per heavy atom. The minimum atomic E-state index is -0.351. The molecule has 1 atom stereocenters. The molecule has 0 bridgehead atoms. The Morgan fingerprint density at radius 3 is 3.08 bits per heavy atom. The van der Waals surface area contributed by atoms with Gasteiger partial charge >= 0.3 is 0 Å². The van der Waals surface area contributed by atoms with Crippen molar-refractivity contribution in [2.45, 2.75) is 13.0 Å². The van der Waals surface area contributed by atoms with Gasteiger partial charge in [-0.3, -0.25) is 9.78 Å². The van der Waals surface area contributed by atoms with E-state index in [0.29, 0.717) is 0 Å². The summed E-state index contributed by atoms with van der Waals surface area (Å²) in [6.07, 6.45) is 3.48. The largest absolute Gasteiger partial charge is 0.369 e. The van der Waals surface area contributed by atoms with Crippen LogP contribution >= 0.6 is 0 Å². The van der Waals surface area contributed by atoms with Crippen molar-refractivity contribution < 1.29 is 4.79 Å². The second-order valence-corrected chi connectivity index (χ2v) is 2.86. The lowest BCUT2D eigenvalue weighted by atomic mass is 10.1. The number of amides is 1. The maximum atomic E-state index is 10.5. The molecule has 1 heterocycles. The number of rotatable bonds is 4. The average molecular weight is 179 g/mol. The summed E-state index contributed by atoms with van der Waals surface area (Å²) in [6.45, 7) is 2.15. The number of nitrogens with one attached hydrogen (secondary N) is 1. The van der Waals surface area contributed by atoms with Crippen LogP contribution in [0.2, 0.25) is 0 Å². The Balaban J connectivity index is 2.49. The first kappa shape index (κ1) is 9.67. The molecular formula is C9H13N3O. The Labute approximate surface area is 77.2 Å². The number of carbonyl (C=O) groups is 1. The molecular weight excluding hydrogens is 166 g/mol. The lowest BCUT2D eigenvalue weighted by Gasteiger charge is -2.11. The van der Waals surface area contributed by atoms with Crippen LogP contribution in [-0.4, -0.2) is 17.4 Å². The molecule has 3 N–H and O–H groups in total. The highest BCUT2D eigenvalue weighted by Crippen LogP contribution is 2.08. The molecule has 1 amide bonds. The standard InChI is InChI=1S/C9H13N3O/c1-7(12-6-9(10)13)8-3-2-4-11-5-8/h2-5,7,12H,6H2,1H3,(H2,10,13)/t7-/m0/s1. The fraction of sp³-hybridized carbons (Fsp3) is 0.333. The van der Waals surface area contributed by atoms with Gasteiger partial charge in [-0.15, -0.1) is 0 Å². The van der Waals surface area contributed by atoms with Gasteiger partial charge in [-0.1, -0.05) is 6.07 Å². The summed E-state index contributed by atoms with van der Waals surface area (Å²) in [5.41, 5.74) is 6.05. The van der Waals surface area contributed by atoms with Gasteiger partial charge in [-0.2, -0.15) is 0 Å². The Bertz CT molecular complexity index is 273. The number of nitrogens with zero attached hydrogens (tertiary/aromatic N) is 1. The van der Waals surface area contributed by atoms with Gasteiger partial charge in [0.05, 0.1) is 6.54 Å². The maximum Gasteiger partial charge on any atom is 0.231 e. The molecule has 0 aliphatic rings. The van der Waals surface area contributed by atoms with E-state index < -0.39 is 0 Å². The third-order valence-electron chi connectivity index (χ3n) is 1.77. The van der Waals surface area contributed by atoms with Gasteiger partial charge in [-0.25, -0.2) is 0 Å². The molecule has 0 saturated heterocycles. The van der Waals surface area contributed by atoms with Gasteiger partial charge in [0.15, 0.2) is 0 Å². The van der Waals surface area contributed by atoms with E-state index >= 15 is 0 Å². The number of aromatic nitrogens is 1. The highest BCUT2D eigenvalue weighted by atomic mass is 16.1. The zero-order valence-corrected chi connectivity index (χ0v) is 7.53. The highest BCUT2D eigenvalue weighted by Gasteiger charge is 2.04. The molecule has 0 aliphatic carbocycles. The third-order valence-corrected chi connectivity index (χ3v) is 1.77. The molecule has 0 aliphatic heterocycles. The number of nitrogens with two attached hydrogens (primary N) is 1. The van der Waals surface area contributed by atoms with Crippen molar-refractivity contribution in [3.8, 4) is 0 Å². The van der Waals surface area contributed by atoms with Gasteiger partial charge in [0.25, 0.3) is 0 Å². The first-order valence-corrected chi connectivity index (χ1v) is 4.12. The summed E-state index contributed by atoms with van der Waals surface area (Å²) < 4.78 is 0. The van der Waals surface area contributed by atoms with E-state index in [1.165, 1.54) is 0 Å². The molecule has 0 saturated carbocycles. The second kappa shape index (κ2) is 4.57. The Morgan fingerprint density at radius 1 is 1.77 bits per heavy atom. The van der Waals surface area contributed by atoms with Crippen LogP contribution in [-0.2, 0) is 4.79 Å².